The number of hydrogen-bond donors (Lipinski definition) is 1. The summed E-state index contributed by atoms with van der Waals surface area (Å²) in [5.74, 6) is 3.02. The van der Waals surface area contributed by atoms with Crippen molar-refractivity contribution in [2.75, 3.05) is 11.9 Å². The first-order valence-corrected chi connectivity index (χ1v) is 7.63. The van der Waals surface area contributed by atoms with Crippen molar-refractivity contribution in [2.45, 2.75) is 40.0 Å². The van der Waals surface area contributed by atoms with Gasteiger partial charge in [0, 0.05) is 19.0 Å². The zero-order chi connectivity index (χ0) is 15.1. The summed E-state index contributed by atoms with van der Waals surface area (Å²) in [5, 5.41) is 3.22. The minimum atomic E-state index is 0.591. The average Bonchev–Trinajstić information content (AvgIpc) is 2.48. The molecule has 0 bridgehead atoms. The third-order valence-corrected chi connectivity index (χ3v) is 3.13. The van der Waals surface area contributed by atoms with Crippen LogP contribution in [0.15, 0.2) is 30.3 Å². The lowest BCUT2D eigenvalue weighted by atomic mass is 10.2. The second kappa shape index (κ2) is 7.62. The molecule has 0 aliphatic heterocycles. The van der Waals surface area contributed by atoms with Gasteiger partial charge in [-0.25, -0.2) is 4.98 Å². The Morgan fingerprint density at radius 3 is 2.43 bits per heavy atom. The van der Waals surface area contributed by atoms with E-state index in [1.165, 1.54) is 5.56 Å². The van der Waals surface area contributed by atoms with Crippen LogP contribution in [0.25, 0.3) is 0 Å². The maximum atomic E-state index is 5.86. The van der Waals surface area contributed by atoms with E-state index in [2.05, 4.69) is 41.3 Å². The number of aryl methyl sites for hydroxylation is 2. The largest absolute Gasteiger partial charge is 0.439 e. The Hall–Kier alpha value is -2.10. The van der Waals surface area contributed by atoms with Gasteiger partial charge in [0.1, 0.15) is 17.4 Å². The van der Waals surface area contributed by atoms with Crippen molar-refractivity contribution >= 4 is 5.82 Å². The summed E-state index contributed by atoms with van der Waals surface area (Å²) < 4.78 is 5.86. The van der Waals surface area contributed by atoms with Gasteiger partial charge in [0.15, 0.2) is 0 Å². The number of anilines is 1. The number of nitrogens with zero attached hydrogens (tertiary/aromatic N) is 2. The zero-order valence-electron chi connectivity index (χ0n) is 13.0. The highest BCUT2D eigenvalue weighted by Crippen LogP contribution is 2.22. The Kier molecular flexibility index (Phi) is 5.55. The SMILES string of the molecule is CCCc1nc(NCC)cc(Oc2ccc(CC)cc2)n1. The molecule has 2 aromatic rings. The van der Waals surface area contributed by atoms with E-state index in [0.29, 0.717) is 5.88 Å². The van der Waals surface area contributed by atoms with Gasteiger partial charge in [-0.15, -0.1) is 0 Å². The first-order chi connectivity index (χ1) is 10.2. The molecule has 0 saturated carbocycles. The third-order valence-electron chi connectivity index (χ3n) is 3.13. The maximum Gasteiger partial charge on any atom is 0.224 e. The van der Waals surface area contributed by atoms with Crippen LogP contribution in [-0.2, 0) is 12.8 Å². The molecular formula is C17H23N3O. The Labute approximate surface area is 126 Å². The smallest absolute Gasteiger partial charge is 0.224 e. The standard InChI is InChI=1S/C17H23N3O/c1-4-7-15-19-16(18-6-3)12-17(20-15)21-14-10-8-13(5-2)9-11-14/h8-12H,4-7H2,1-3H3,(H,18,19,20). The zero-order valence-corrected chi connectivity index (χ0v) is 13.0. The first-order valence-electron chi connectivity index (χ1n) is 7.63. The van der Waals surface area contributed by atoms with Crippen LogP contribution in [0, 0.1) is 0 Å². The summed E-state index contributed by atoms with van der Waals surface area (Å²) in [4.78, 5) is 8.95. The molecule has 1 heterocycles. The molecule has 0 spiro atoms. The first kappa shape index (κ1) is 15.3. The topological polar surface area (TPSA) is 47.0 Å². The Bertz CT molecular complexity index is 542. The molecule has 112 valence electrons. The monoisotopic (exact) mass is 285 g/mol. The van der Waals surface area contributed by atoms with Gasteiger partial charge in [-0.2, -0.15) is 4.98 Å². The highest BCUT2D eigenvalue weighted by molar-refractivity contribution is 5.40. The van der Waals surface area contributed by atoms with E-state index in [1.54, 1.807) is 0 Å². The van der Waals surface area contributed by atoms with Crippen molar-refractivity contribution in [3.63, 3.8) is 0 Å². The Balaban J connectivity index is 2.20. The normalized spacial score (nSPS) is 10.4. The molecule has 2 rings (SSSR count). The van der Waals surface area contributed by atoms with Crippen molar-refractivity contribution in [3.8, 4) is 11.6 Å². The lowest BCUT2D eigenvalue weighted by Crippen LogP contribution is -2.04. The minimum absolute atomic E-state index is 0.591. The van der Waals surface area contributed by atoms with Crippen LogP contribution < -0.4 is 10.1 Å². The van der Waals surface area contributed by atoms with E-state index in [-0.39, 0.29) is 0 Å². The van der Waals surface area contributed by atoms with Crippen molar-refractivity contribution in [1.82, 2.24) is 9.97 Å². The molecule has 4 heteroatoms. The van der Waals surface area contributed by atoms with E-state index in [0.717, 1.165) is 43.2 Å². The fourth-order valence-electron chi connectivity index (χ4n) is 2.05. The van der Waals surface area contributed by atoms with Gasteiger partial charge in [0.25, 0.3) is 0 Å². The predicted octanol–water partition coefficient (Wildman–Crippen LogP) is 4.22. The van der Waals surface area contributed by atoms with Crippen LogP contribution in [0.5, 0.6) is 11.6 Å². The molecule has 0 atom stereocenters. The van der Waals surface area contributed by atoms with Crippen molar-refractivity contribution in [1.29, 1.82) is 0 Å². The maximum absolute atomic E-state index is 5.86. The van der Waals surface area contributed by atoms with Gasteiger partial charge in [-0.1, -0.05) is 26.0 Å². The van der Waals surface area contributed by atoms with E-state index >= 15 is 0 Å². The van der Waals surface area contributed by atoms with Crippen molar-refractivity contribution < 1.29 is 4.74 Å². The summed E-state index contributed by atoms with van der Waals surface area (Å²) in [6, 6.07) is 9.96. The summed E-state index contributed by atoms with van der Waals surface area (Å²) in [5.41, 5.74) is 1.30. The van der Waals surface area contributed by atoms with E-state index in [9.17, 15) is 0 Å². The molecular weight excluding hydrogens is 262 g/mol. The van der Waals surface area contributed by atoms with Crippen LogP contribution in [0.4, 0.5) is 5.82 Å². The minimum Gasteiger partial charge on any atom is -0.439 e. The molecule has 0 amide bonds. The quantitative estimate of drug-likeness (QED) is 0.827. The van der Waals surface area contributed by atoms with E-state index in [1.807, 2.05) is 25.1 Å². The van der Waals surface area contributed by atoms with Gasteiger partial charge in [0.2, 0.25) is 5.88 Å². The second-order valence-corrected chi connectivity index (χ2v) is 4.89. The van der Waals surface area contributed by atoms with Crippen LogP contribution in [0.1, 0.15) is 38.6 Å². The number of nitrogens with one attached hydrogen (secondary N) is 1. The van der Waals surface area contributed by atoms with Crippen LogP contribution in [0.2, 0.25) is 0 Å². The van der Waals surface area contributed by atoms with Gasteiger partial charge in [-0.05, 0) is 37.5 Å². The van der Waals surface area contributed by atoms with E-state index in [4.69, 9.17) is 4.74 Å². The third kappa shape index (κ3) is 4.45. The van der Waals surface area contributed by atoms with Crippen LogP contribution in [-0.4, -0.2) is 16.5 Å². The Morgan fingerprint density at radius 1 is 1.05 bits per heavy atom. The number of benzene rings is 1. The van der Waals surface area contributed by atoms with Crippen molar-refractivity contribution in [3.05, 3.63) is 41.7 Å². The number of hydrogen-bond acceptors (Lipinski definition) is 4. The molecule has 0 aliphatic rings. The fraction of sp³-hybridized carbons (Fsp3) is 0.412. The lowest BCUT2D eigenvalue weighted by molar-refractivity contribution is 0.458. The van der Waals surface area contributed by atoms with E-state index < -0.39 is 0 Å². The summed E-state index contributed by atoms with van der Waals surface area (Å²) >= 11 is 0. The molecule has 4 nitrogen and oxygen atoms in total. The molecule has 0 aliphatic carbocycles. The Morgan fingerprint density at radius 2 is 1.81 bits per heavy atom. The number of rotatable bonds is 7. The van der Waals surface area contributed by atoms with Gasteiger partial charge < -0.3 is 10.1 Å². The van der Waals surface area contributed by atoms with Gasteiger partial charge in [-0.3, -0.25) is 0 Å². The summed E-state index contributed by atoms with van der Waals surface area (Å²) in [7, 11) is 0. The molecule has 1 N–H and O–H groups in total. The highest BCUT2D eigenvalue weighted by atomic mass is 16.5. The molecule has 1 aromatic heterocycles. The second-order valence-electron chi connectivity index (χ2n) is 4.89. The molecule has 0 unspecified atom stereocenters. The highest BCUT2D eigenvalue weighted by Gasteiger charge is 2.06. The molecule has 1 aromatic carbocycles. The molecule has 21 heavy (non-hydrogen) atoms. The fourth-order valence-corrected chi connectivity index (χ4v) is 2.05. The molecule has 0 saturated heterocycles. The molecule has 0 fully saturated rings. The number of aromatic nitrogens is 2. The molecule has 0 radical (unpaired) electrons. The summed E-state index contributed by atoms with van der Waals surface area (Å²) in [6.07, 6.45) is 2.89. The van der Waals surface area contributed by atoms with Crippen LogP contribution >= 0.6 is 0 Å². The predicted molar refractivity (Wildman–Crippen MR) is 86.1 cm³/mol. The summed E-state index contributed by atoms with van der Waals surface area (Å²) in [6.45, 7) is 7.13. The van der Waals surface area contributed by atoms with Gasteiger partial charge >= 0.3 is 0 Å². The van der Waals surface area contributed by atoms with Crippen LogP contribution in [0.3, 0.4) is 0 Å². The van der Waals surface area contributed by atoms with Gasteiger partial charge in [0.05, 0.1) is 0 Å². The average molecular weight is 285 g/mol. The lowest BCUT2D eigenvalue weighted by Gasteiger charge is -2.10. The van der Waals surface area contributed by atoms with Crippen molar-refractivity contribution in [2.24, 2.45) is 0 Å². The number of ether oxygens (including phenoxy) is 1.